The molecule has 5 heteroatoms. The third-order valence-electron chi connectivity index (χ3n) is 1.33. The molecule has 2 N–H and O–H groups in total. The molecule has 1 radical (unpaired) electrons. The lowest BCUT2D eigenvalue weighted by molar-refractivity contribution is 0.182. The molecule has 0 aliphatic heterocycles. The predicted octanol–water partition coefficient (Wildman–Crippen LogP) is 0.238. The first kappa shape index (κ1) is 10.9. The Balaban J connectivity index is 3.81. The molecule has 67 valence electrons. The highest BCUT2D eigenvalue weighted by molar-refractivity contribution is 7.86. The van der Waals surface area contributed by atoms with E-state index in [1.54, 1.807) is 6.92 Å². The van der Waals surface area contributed by atoms with Crippen LogP contribution < -0.4 is 0 Å². The van der Waals surface area contributed by atoms with Crippen LogP contribution in [0.2, 0.25) is 0 Å². The van der Waals surface area contributed by atoms with E-state index in [0.717, 1.165) is 0 Å². The summed E-state index contributed by atoms with van der Waals surface area (Å²) in [5, 5.41) is 7.73. The zero-order valence-electron chi connectivity index (χ0n) is 6.40. The standard InChI is InChI=1S/C6H13O4S/c1-5(7)3-4-6(2)11(8,9)10/h5-7H,2-4H2,1H3,(H,8,9,10). The van der Waals surface area contributed by atoms with E-state index in [1.165, 1.54) is 0 Å². The van der Waals surface area contributed by atoms with Crippen molar-refractivity contribution in [2.24, 2.45) is 0 Å². The van der Waals surface area contributed by atoms with Crippen LogP contribution in [-0.2, 0) is 10.1 Å². The van der Waals surface area contributed by atoms with E-state index in [4.69, 9.17) is 9.66 Å². The molecule has 0 saturated heterocycles. The first-order chi connectivity index (χ1) is 4.84. The highest BCUT2D eigenvalue weighted by Crippen LogP contribution is 2.07. The summed E-state index contributed by atoms with van der Waals surface area (Å²) in [4.78, 5) is 0. The molecule has 11 heavy (non-hydrogen) atoms. The van der Waals surface area contributed by atoms with E-state index in [0.29, 0.717) is 6.42 Å². The van der Waals surface area contributed by atoms with E-state index in [1.807, 2.05) is 0 Å². The topological polar surface area (TPSA) is 74.6 Å². The van der Waals surface area contributed by atoms with Crippen molar-refractivity contribution in [1.29, 1.82) is 0 Å². The van der Waals surface area contributed by atoms with Gasteiger partial charge in [0.2, 0.25) is 0 Å². The van der Waals surface area contributed by atoms with Crippen molar-refractivity contribution in [3.05, 3.63) is 6.92 Å². The van der Waals surface area contributed by atoms with E-state index in [2.05, 4.69) is 6.92 Å². The minimum atomic E-state index is -4.02. The quantitative estimate of drug-likeness (QED) is 0.609. The molecule has 0 spiro atoms. The lowest BCUT2D eigenvalue weighted by Crippen LogP contribution is -2.18. The van der Waals surface area contributed by atoms with E-state index in [-0.39, 0.29) is 6.42 Å². The van der Waals surface area contributed by atoms with Crippen LogP contribution >= 0.6 is 0 Å². The molecule has 0 aromatic heterocycles. The summed E-state index contributed by atoms with van der Waals surface area (Å²) >= 11 is 0. The van der Waals surface area contributed by atoms with Crippen LogP contribution in [0.5, 0.6) is 0 Å². The predicted molar refractivity (Wildman–Crippen MR) is 41.6 cm³/mol. The summed E-state index contributed by atoms with van der Waals surface area (Å²) in [6.45, 7) is 4.78. The summed E-state index contributed by atoms with van der Waals surface area (Å²) in [6, 6.07) is 0. The van der Waals surface area contributed by atoms with Gasteiger partial charge in [0.05, 0.1) is 11.4 Å². The van der Waals surface area contributed by atoms with Gasteiger partial charge in [-0.15, -0.1) is 0 Å². The van der Waals surface area contributed by atoms with Crippen molar-refractivity contribution in [2.75, 3.05) is 0 Å². The highest BCUT2D eigenvalue weighted by Gasteiger charge is 2.17. The Morgan fingerprint density at radius 2 is 1.91 bits per heavy atom. The molecule has 2 atom stereocenters. The van der Waals surface area contributed by atoms with Gasteiger partial charge in [0, 0.05) is 0 Å². The number of rotatable bonds is 4. The molecule has 0 aliphatic carbocycles. The summed E-state index contributed by atoms with van der Waals surface area (Å²) in [5.74, 6) is 0. The first-order valence-electron chi connectivity index (χ1n) is 3.31. The molecule has 0 fully saturated rings. The van der Waals surface area contributed by atoms with Gasteiger partial charge in [-0.25, -0.2) is 0 Å². The lowest BCUT2D eigenvalue weighted by atomic mass is 10.2. The Hall–Kier alpha value is -0.130. The van der Waals surface area contributed by atoms with E-state index < -0.39 is 21.5 Å². The molecular weight excluding hydrogens is 168 g/mol. The normalized spacial score (nSPS) is 17.8. The van der Waals surface area contributed by atoms with Crippen LogP contribution in [0.3, 0.4) is 0 Å². The Morgan fingerprint density at radius 3 is 2.18 bits per heavy atom. The molecule has 0 amide bonds. The van der Waals surface area contributed by atoms with Gasteiger partial charge in [0.1, 0.15) is 0 Å². The van der Waals surface area contributed by atoms with Crippen LogP contribution in [0.25, 0.3) is 0 Å². The molecule has 0 aliphatic rings. The van der Waals surface area contributed by atoms with Gasteiger partial charge in [-0.3, -0.25) is 4.55 Å². The molecule has 0 saturated carbocycles. The van der Waals surface area contributed by atoms with E-state index in [9.17, 15) is 8.42 Å². The Morgan fingerprint density at radius 1 is 1.45 bits per heavy atom. The summed E-state index contributed by atoms with van der Waals surface area (Å²) < 4.78 is 29.1. The van der Waals surface area contributed by atoms with Crippen molar-refractivity contribution >= 4 is 10.1 Å². The first-order valence-corrected chi connectivity index (χ1v) is 4.82. The second kappa shape index (κ2) is 4.04. The molecule has 0 bridgehead atoms. The van der Waals surface area contributed by atoms with Gasteiger partial charge in [-0.2, -0.15) is 8.42 Å². The molecule has 0 aromatic carbocycles. The third-order valence-corrected chi connectivity index (χ3v) is 2.41. The largest absolute Gasteiger partial charge is 0.393 e. The zero-order chi connectivity index (χ0) is 9.07. The SMILES string of the molecule is [CH2]C(CCC(C)O)S(=O)(=O)O. The number of aliphatic hydroxyl groups is 1. The molecular formula is C6H13O4S. The van der Waals surface area contributed by atoms with E-state index >= 15 is 0 Å². The van der Waals surface area contributed by atoms with Crippen LogP contribution in [0, 0.1) is 6.92 Å². The van der Waals surface area contributed by atoms with Crippen LogP contribution in [0.15, 0.2) is 0 Å². The maximum atomic E-state index is 10.4. The van der Waals surface area contributed by atoms with Crippen LogP contribution in [-0.4, -0.2) is 29.4 Å². The maximum Gasteiger partial charge on any atom is 0.267 e. The fourth-order valence-electron chi connectivity index (χ4n) is 0.576. The maximum absolute atomic E-state index is 10.4. The number of hydrogen-bond acceptors (Lipinski definition) is 3. The third kappa shape index (κ3) is 5.17. The smallest absolute Gasteiger partial charge is 0.267 e. The number of aliphatic hydroxyl groups excluding tert-OH is 1. The van der Waals surface area contributed by atoms with Crippen molar-refractivity contribution in [2.45, 2.75) is 31.1 Å². The van der Waals surface area contributed by atoms with Gasteiger partial charge in [-0.1, -0.05) is 0 Å². The van der Waals surface area contributed by atoms with Gasteiger partial charge in [0.25, 0.3) is 10.1 Å². The van der Waals surface area contributed by atoms with Gasteiger partial charge in [-0.05, 0) is 26.7 Å². The van der Waals surface area contributed by atoms with Crippen LogP contribution in [0.1, 0.15) is 19.8 Å². The van der Waals surface area contributed by atoms with Crippen molar-refractivity contribution in [1.82, 2.24) is 0 Å². The Kier molecular flexibility index (Phi) is 3.99. The average molecular weight is 181 g/mol. The Labute approximate surface area is 67.0 Å². The Bertz CT molecular complexity index is 195. The molecule has 4 nitrogen and oxygen atoms in total. The van der Waals surface area contributed by atoms with Gasteiger partial charge >= 0.3 is 0 Å². The monoisotopic (exact) mass is 181 g/mol. The van der Waals surface area contributed by atoms with Crippen molar-refractivity contribution in [3.63, 3.8) is 0 Å². The van der Waals surface area contributed by atoms with Crippen molar-refractivity contribution < 1.29 is 18.1 Å². The van der Waals surface area contributed by atoms with Gasteiger partial charge < -0.3 is 5.11 Å². The second-order valence-corrected chi connectivity index (χ2v) is 4.26. The molecule has 0 aromatic rings. The minimum absolute atomic E-state index is 0.177. The summed E-state index contributed by atoms with van der Waals surface area (Å²) in [6.07, 6.45) is -0.0502. The van der Waals surface area contributed by atoms with Gasteiger partial charge in [0.15, 0.2) is 0 Å². The summed E-state index contributed by atoms with van der Waals surface area (Å²) in [5.41, 5.74) is 0. The number of hydrogen-bond donors (Lipinski definition) is 2. The minimum Gasteiger partial charge on any atom is -0.393 e. The average Bonchev–Trinajstić information content (AvgIpc) is 1.80. The van der Waals surface area contributed by atoms with Crippen LogP contribution in [0.4, 0.5) is 0 Å². The summed E-state index contributed by atoms with van der Waals surface area (Å²) in [7, 11) is -4.02. The second-order valence-electron chi connectivity index (χ2n) is 2.56. The lowest BCUT2D eigenvalue weighted by Gasteiger charge is -2.08. The molecule has 0 rings (SSSR count). The highest BCUT2D eigenvalue weighted by atomic mass is 32.2. The van der Waals surface area contributed by atoms with Crippen molar-refractivity contribution in [3.8, 4) is 0 Å². The fourth-order valence-corrected chi connectivity index (χ4v) is 1.01. The molecule has 0 heterocycles. The fraction of sp³-hybridized carbons (Fsp3) is 0.833. The zero-order valence-corrected chi connectivity index (χ0v) is 7.21. The molecule has 2 unspecified atom stereocenters.